The van der Waals surface area contributed by atoms with Crippen LogP contribution in [0.2, 0.25) is 5.02 Å². The van der Waals surface area contributed by atoms with E-state index in [4.69, 9.17) is 25.8 Å². The Kier molecular flexibility index (Phi) is 7.94. The molecule has 0 radical (unpaired) electrons. The third kappa shape index (κ3) is 6.60. The zero-order valence-corrected chi connectivity index (χ0v) is 17.1. The molecule has 9 heteroatoms. The number of rotatable bonds is 7. The lowest BCUT2D eigenvalue weighted by Crippen LogP contribution is -2.49. The molecule has 0 heterocycles. The normalized spacial score (nSPS) is 22.2. The molecule has 0 bridgehead atoms. The second kappa shape index (κ2) is 9.80. The number of ether oxygens (including phenoxy) is 3. The summed E-state index contributed by atoms with van der Waals surface area (Å²) in [5, 5.41) is 0.413. The maximum atomic E-state index is 12.6. The highest BCUT2D eigenvalue weighted by Crippen LogP contribution is 2.36. The number of halogens is 4. The summed E-state index contributed by atoms with van der Waals surface area (Å²) in [5.41, 5.74) is -0.121. The van der Waals surface area contributed by atoms with Gasteiger partial charge in [-0.3, -0.25) is 4.79 Å². The predicted octanol–water partition coefficient (Wildman–Crippen LogP) is 4.56. The molecule has 0 saturated heterocycles. The molecule has 0 N–H and O–H groups in total. The Morgan fingerprint density at radius 1 is 1.24 bits per heavy atom. The smallest absolute Gasteiger partial charge is 0.411 e. The number of alkyl halides is 3. The van der Waals surface area contributed by atoms with Gasteiger partial charge in [-0.15, -0.1) is 0 Å². The molecule has 2 rings (SSSR count). The molecular formula is C20H24ClF3O5. The van der Waals surface area contributed by atoms with Crippen LogP contribution in [0.3, 0.4) is 0 Å². The lowest BCUT2D eigenvalue weighted by molar-refractivity contribution is -0.202. The second-order valence-electron chi connectivity index (χ2n) is 7.03. The largest absolute Gasteiger partial charge is 0.463 e. The van der Waals surface area contributed by atoms with Crippen LogP contribution >= 0.6 is 11.6 Å². The first kappa shape index (κ1) is 23.5. The van der Waals surface area contributed by atoms with E-state index in [0.29, 0.717) is 10.6 Å². The third-order valence-electron chi connectivity index (χ3n) is 4.85. The fourth-order valence-corrected chi connectivity index (χ4v) is 3.62. The minimum atomic E-state index is -4.42. The van der Waals surface area contributed by atoms with Crippen molar-refractivity contribution in [2.75, 3.05) is 13.2 Å². The van der Waals surface area contributed by atoms with Crippen LogP contribution in [-0.2, 0) is 30.2 Å². The molecule has 0 aliphatic heterocycles. The van der Waals surface area contributed by atoms with Crippen LogP contribution in [0.15, 0.2) is 18.2 Å². The van der Waals surface area contributed by atoms with Gasteiger partial charge in [-0.05, 0) is 43.9 Å². The maximum Gasteiger partial charge on any atom is 0.411 e. The minimum Gasteiger partial charge on any atom is -0.463 e. The Morgan fingerprint density at radius 3 is 2.45 bits per heavy atom. The van der Waals surface area contributed by atoms with Gasteiger partial charge in [0.15, 0.2) is 0 Å². The number of carbonyl (C=O) groups excluding carboxylic acids is 2. The van der Waals surface area contributed by atoms with Crippen molar-refractivity contribution >= 4 is 23.5 Å². The summed E-state index contributed by atoms with van der Waals surface area (Å²) in [4.78, 5) is 25.1. The zero-order chi connectivity index (χ0) is 21.7. The van der Waals surface area contributed by atoms with Crippen molar-refractivity contribution in [2.24, 2.45) is 0 Å². The molecule has 0 aromatic heterocycles. The number of hydrogen-bond acceptors (Lipinski definition) is 5. The average molecular weight is 437 g/mol. The van der Waals surface area contributed by atoms with Crippen LogP contribution in [-0.4, -0.2) is 43.0 Å². The van der Waals surface area contributed by atoms with Crippen LogP contribution in [0, 0.1) is 6.92 Å². The molecule has 1 aromatic rings. The summed E-state index contributed by atoms with van der Waals surface area (Å²) in [7, 11) is 0. The van der Waals surface area contributed by atoms with E-state index >= 15 is 0 Å². The Hall–Kier alpha value is -1.80. The van der Waals surface area contributed by atoms with E-state index in [1.54, 1.807) is 32.0 Å². The van der Waals surface area contributed by atoms with E-state index in [-0.39, 0.29) is 38.7 Å². The molecule has 1 saturated carbocycles. The highest BCUT2D eigenvalue weighted by molar-refractivity contribution is 6.31. The second-order valence-corrected chi connectivity index (χ2v) is 7.43. The van der Waals surface area contributed by atoms with Gasteiger partial charge < -0.3 is 14.2 Å². The fourth-order valence-electron chi connectivity index (χ4n) is 3.34. The van der Waals surface area contributed by atoms with Crippen molar-refractivity contribution in [2.45, 2.75) is 63.8 Å². The van der Waals surface area contributed by atoms with E-state index in [1.165, 1.54) is 0 Å². The Labute approximate surface area is 172 Å². The van der Waals surface area contributed by atoms with Gasteiger partial charge in [-0.2, -0.15) is 13.2 Å². The molecule has 0 amide bonds. The molecule has 0 unspecified atom stereocenters. The standard InChI is InChI=1S/C20H24ClF3O5/c1-3-27-18(26)19(9-7-14(8-10-19)28-12-20(22,23)24)29-17(25)11-15-13(2)5-4-6-16(15)21/h4-6,14H,3,7-12H2,1-2H3. The molecule has 0 spiro atoms. The molecule has 0 atom stereocenters. The van der Waals surface area contributed by atoms with Gasteiger partial charge in [0.2, 0.25) is 5.60 Å². The monoisotopic (exact) mass is 436 g/mol. The van der Waals surface area contributed by atoms with Gasteiger partial charge in [0, 0.05) is 17.9 Å². The van der Waals surface area contributed by atoms with Crippen molar-refractivity contribution in [3.8, 4) is 0 Å². The van der Waals surface area contributed by atoms with Crippen LogP contribution in [0.4, 0.5) is 13.2 Å². The summed E-state index contributed by atoms with van der Waals surface area (Å²) in [6.07, 6.45) is -4.86. The van der Waals surface area contributed by atoms with Crippen LogP contribution < -0.4 is 0 Å². The van der Waals surface area contributed by atoms with E-state index in [2.05, 4.69) is 0 Å². The molecule has 1 fully saturated rings. The van der Waals surface area contributed by atoms with Crippen molar-refractivity contribution < 1.29 is 37.0 Å². The van der Waals surface area contributed by atoms with E-state index < -0.39 is 36.4 Å². The topological polar surface area (TPSA) is 61.8 Å². The predicted molar refractivity (Wildman–Crippen MR) is 99.6 cm³/mol. The molecule has 29 heavy (non-hydrogen) atoms. The Morgan fingerprint density at radius 2 is 1.90 bits per heavy atom. The number of hydrogen-bond donors (Lipinski definition) is 0. The van der Waals surface area contributed by atoms with Crippen molar-refractivity contribution in [3.05, 3.63) is 34.3 Å². The highest BCUT2D eigenvalue weighted by atomic mass is 35.5. The van der Waals surface area contributed by atoms with Gasteiger partial charge >= 0.3 is 18.1 Å². The quantitative estimate of drug-likeness (QED) is 0.586. The summed E-state index contributed by atoms with van der Waals surface area (Å²) in [6.45, 7) is 2.17. The van der Waals surface area contributed by atoms with Crippen LogP contribution in [0.1, 0.15) is 43.7 Å². The number of esters is 2. The Balaban J connectivity index is 2.07. The number of aryl methyl sites for hydroxylation is 1. The molecule has 1 aromatic carbocycles. The van der Waals surface area contributed by atoms with Crippen molar-refractivity contribution in [3.63, 3.8) is 0 Å². The molecule has 1 aliphatic carbocycles. The number of benzene rings is 1. The van der Waals surface area contributed by atoms with E-state index in [0.717, 1.165) is 5.56 Å². The van der Waals surface area contributed by atoms with Crippen LogP contribution in [0.5, 0.6) is 0 Å². The van der Waals surface area contributed by atoms with Crippen molar-refractivity contribution in [1.29, 1.82) is 0 Å². The first-order chi connectivity index (χ1) is 13.6. The lowest BCUT2D eigenvalue weighted by Gasteiger charge is -2.37. The fraction of sp³-hybridized carbons (Fsp3) is 0.600. The summed E-state index contributed by atoms with van der Waals surface area (Å²) >= 11 is 6.15. The average Bonchev–Trinajstić information content (AvgIpc) is 2.64. The third-order valence-corrected chi connectivity index (χ3v) is 5.21. The maximum absolute atomic E-state index is 12.6. The van der Waals surface area contributed by atoms with E-state index in [9.17, 15) is 22.8 Å². The zero-order valence-electron chi connectivity index (χ0n) is 16.3. The van der Waals surface area contributed by atoms with Gasteiger partial charge in [-0.1, -0.05) is 23.7 Å². The lowest BCUT2D eigenvalue weighted by atomic mass is 9.83. The first-order valence-corrected chi connectivity index (χ1v) is 9.75. The molecule has 5 nitrogen and oxygen atoms in total. The van der Waals surface area contributed by atoms with Gasteiger partial charge in [0.05, 0.1) is 19.1 Å². The summed E-state index contributed by atoms with van der Waals surface area (Å²) < 4.78 is 52.6. The van der Waals surface area contributed by atoms with Gasteiger partial charge in [0.1, 0.15) is 6.61 Å². The summed E-state index contributed by atoms with van der Waals surface area (Å²) in [5.74, 6) is -1.34. The van der Waals surface area contributed by atoms with Gasteiger partial charge in [0.25, 0.3) is 0 Å². The van der Waals surface area contributed by atoms with E-state index in [1.807, 2.05) is 0 Å². The van der Waals surface area contributed by atoms with Crippen LogP contribution in [0.25, 0.3) is 0 Å². The highest BCUT2D eigenvalue weighted by Gasteiger charge is 2.47. The van der Waals surface area contributed by atoms with Gasteiger partial charge in [-0.25, -0.2) is 4.79 Å². The molecular weight excluding hydrogens is 413 g/mol. The first-order valence-electron chi connectivity index (χ1n) is 9.37. The SMILES string of the molecule is CCOC(=O)C1(OC(=O)Cc2c(C)cccc2Cl)CCC(OCC(F)(F)F)CC1. The minimum absolute atomic E-state index is 0.0294. The summed E-state index contributed by atoms with van der Waals surface area (Å²) in [6, 6.07) is 5.22. The number of carbonyl (C=O) groups is 2. The molecule has 162 valence electrons. The van der Waals surface area contributed by atoms with Crippen molar-refractivity contribution in [1.82, 2.24) is 0 Å². The Bertz CT molecular complexity index is 707. The molecule has 1 aliphatic rings.